The molecule has 0 atom stereocenters. The summed E-state index contributed by atoms with van der Waals surface area (Å²) in [7, 11) is 3.18. The first-order chi connectivity index (χ1) is 44.1. The van der Waals surface area contributed by atoms with Crippen molar-refractivity contribution >= 4 is 51.1 Å². The summed E-state index contributed by atoms with van der Waals surface area (Å²) in [6.07, 6.45) is 3.24. The third-order valence-electron chi connectivity index (χ3n) is 16.8. The number of nitrogens with one attached hydrogen (secondary N) is 3. The number of amides is 3. The maximum absolute atomic E-state index is 13.5. The lowest BCUT2D eigenvalue weighted by Crippen LogP contribution is -2.49. The van der Waals surface area contributed by atoms with Gasteiger partial charge in [-0.3, -0.25) is 19.2 Å². The highest BCUT2D eigenvalue weighted by atomic mass is 16.6. The van der Waals surface area contributed by atoms with Gasteiger partial charge >= 0.3 is 6.09 Å². The Hall–Kier alpha value is -9.37. The lowest BCUT2D eigenvalue weighted by molar-refractivity contribution is 0.00560. The number of hydrogen-bond donors (Lipinski definition) is 3. The molecule has 0 saturated carbocycles. The molecule has 2 saturated heterocycles. The molecule has 20 nitrogen and oxygen atoms in total. The first kappa shape index (κ1) is 63.2. The zero-order valence-electron chi connectivity index (χ0n) is 52.4. The number of nitrogens with zero attached hydrogens (tertiary/aromatic N) is 5. The van der Waals surface area contributed by atoms with Gasteiger partial charge < -0.3 is 72.9 Å². The number of piperidine rings is 2. The van der Waals surface area contributed by atoms with Gasteiger partial charge in [-0.05, 0) is 143 Å². The highest BCUT2D eigenvalue weighted by molar-refractivity contribution is 6.13. The molecule has 12 rings (SSSR count). The number of methoxy groups -OCH3 is 2. The molecule has 0 aliphatic carbocycles. The Bertz CT molecular complexity index is 3990. The minimum absolute atomic E-state index is 0.0190. The molecule has 4 aliphatic rings. The number of benzene rings is 6. The number of carbonyl (C=O) groups excluding carboxylic acids is 3. The molecule has 0 bridgehead atoms. The monoisotopic (exact) mass is 1240 g/mol. The minimum Gasteiger partial charge on any atom is -0.497 e. The highest BCUT2D eigenvalue weighted by Gasteiger charge is 2.32. The molecule has 6 aromatic carbocycles. The van der Waals surface area contributed by atoms with Crippen molar-refractivity contribution in [1.29, 1.82) is 0 Å². The molecule has 91 heavy (non-hydrogen) atoms. The SMILES string of the molecule is COc1ccc2c(C(=O)Nc3ccccc3)cc(=O)n(CCN3CCC(N(Cc4ccc5c(c4)OCCO5)C(=O)OC(C)(C)C)CC3)c2c1.COc1ccc2c(C(=O)Nc3ccccc3)cc(=O)n(CCN3CCC(NCc4ccc5c(c4)OCCO5)CC3)c2c1. The summed E-state index contributed by atoms with van der Waals surface area (Å²) in [5.41, 5.74) is 4.35. The average Bonchev–Trinajstić information content (AvgIpc) is 0.894. The Morgan fingerprint density at radius 2 is 0.978 bits per heavy atom. The largest absolute Gasteiger partial charge is 0.497 e. The van der Waals surface area contributed by atoms with Gasteiger partial charge in [-0.15, -0.1) is 0 Å². The van der Waals surface area contributed by atoms with E-state index in [1.165, 1.54) is 17.7 Å². The van der Waals surface area contributed by atoms with Crippen LogP contribution in [-0.4, -0.2) is 139 Å². The van der Waals surface area contributed by atoms with Crippen LogP contribution in [0.25, 0.3) is 21.8 Å². The maximum Gasteiger partial charge on any atom is 0.410 e. The maximum atomic E-state index is 13.5. The number of para-hydroxylation sites is 2. The fourth-order valence-electron chi connectivity index (χ4n) is 12.1. The first-order valence-electron chi connectivity index (χ1n) is 31.3. The number of pyridine rings is 2. The van der Waals surface area contributed by atoms with Gasteiger partial charge in [0.15, 0.2) is 23.0 Å². The predicted molar refractivity (Wildman–Crippen MR) is 351 cm³/mol. The highest BCUT2D eigenvalue weighted by Crippen LogP contribution is 2.34. The molecule has 6 heterocycles. The van der Waals surface area contributed by atoms with E-state index < -0.39 is 5.60 Å². The molecule has 0 unspecified atom stereocenters. The summed E-state index contributed by atoms with van der Waals surface area (Å²) < 4.78 is 43.0. The van der Waals surface area contributed by atoms with E-state index in [1.54, 1.807) is 47.6 Å². The van der Waals surface area contributed by atoms with E-state index >= 15 is 0 Å². The summed E-state index contributed by atoms with van der Waals surface area (Å²) in [6, 6.07) is 44.5. The van der Waals surface area contributed by atoms with Gasteiger partial charge in [0, 0.05) is 111 Å². The smallest absolute Gasteiger partial charge is 0.410 e. The van der Waals surface area contributed by atoms with Crippen LogP contribution in [0.3, 0.4) is 0 Å². The van der Waals surface area contributed by atoms with Crippen molar-refractivity contribution in [3.8, 4) is 34.5 Å². The fraction of sp³-hybridized carbons (Fsp3) is 0.366. The minimum atomic E-state index is -0.626. The van der Waals surface area contributed by atoms with Crippen LogP contribution in [0, 0.1) is 0 Å². The molecule has 2 fully saturated rings. The van der Waals surface area contributed by atoms with E-state index in [0.717, 1.165) is 82.0 Å². The van der Waals surface area contributed by atoms with Crippen molar-refractivity contribution < 1.29 is 47.5 Å². The number of anilines is 2. The van der Waals surface area contributed by atoms with Gasteiger partial charge in [0.1, 0.15) is 43.5 Å². The first-order valence-corrected chi connectivity index (χ1v) is 31.3. The Balaban J connectivity index is 0.000000189. The topological polar surface area (TPSA) is 206 Å². The van der Waals surface area contributed by atoms with Gasteiger partial charge in [-0.1, -0.05) is 48.5 Å². The zero-order chi connectivity index (χ0) is 63.4. The number of carbonyl (C=O) groups is 3. The van der Waals surface area contributed by atoms with Crippen molar-refractivity contribution in [2.24, 2.45) is 0 Å². The second kappa shape index (κ2) is 29.1. The average molecular weight is 1240 g/mol. The third kappa shape index (κ3) is 16.0. The molecule has 3 N–H and O–H groups in total. The fourth-order valence-corrected chi connectivity index (χ4v) is 12.1. The summed E-state index contributed by atoms with van der Waals surface area (Å²) in [5, 5.41) is 10.9. The van der Waals surface area contributed by atoms with Crippen LogP contribution in [0.1, 0.15) is 78.3 Å². The van der Waals surface area contributed by atoms with Gasteiger partial charge in [0.05, 0.1) is 36.4 Å². The van der Waals surface area contributed by atoms with Gasteiger partial charge in [-0.25, -0.2) is 4.79 Å². The van der Waals surface area contributed by atoms with E-state index in [1.807, 2.05) is 123 Å². The van der Waals surface area contributed by atoms with Crippen molar-refractivity contribution in [2.45, 2.75) is 90.3 Å². The second-order valence-corrected chi connectivity index (χ2v) is 24.1. The van der Waals surface area contributed by atoms with Gasteiger partial charge in [-0.2, -0.15) is 0 Å². The molecule has 8 aromatic rings. The van der Waals surface area contributed by atoms with Crippen LogP contribution >= 0.6 is 0 Å². The molecule has 476 valence electrons. The number of hydrogen-bond acceptors (Lipinski definition) is 15. The van der Waals surface area contributed by atoms with Crippen molar-refractivity contribution in [3.05, 3.63) is 189 Å². The molecule has 0 spiro atoms. The molecular formula is C71H80N8O12. The van der Waals surface area contributed by atoms with E-state index in [2.05, 4.69) is 37.9 Å². The van der Waals surface area contributed by atoms with E-state index in [4.69, 9.17) is 33.2 Å². The van der Waals surface area contributed by atoms with Crippen LogP contribution < -0.4 is 55.5 Å². The van der Waals surface area contributed by atoms with E-state index in [9.17, 15) is 24.0 Å². The summed E-state index contributed by atoms with van der Waals surface area (Å²) in [4.78, 5) is 73.4. The van der Waals surface area contributed by atoms with Crippen molar-refractivity contribution in [2.75, 3.05) is 90.5 Å². The van der Waals surface area contributed by atoms with Crippen LogP contribution in [0.4, 0.5) is 16.2 Å². The molecule has 3 amide bonds. The Morgan fingerprint density at radius 3 is 1.45 bits per heavy atom. The molecule has 20 heteroatoms. The van der Waals surface area contributed by atoms with Crippen molar-refractivity contribution in [3.63, 3.8) is 0 Å². The lowest BCUT2D eigenvalue weighted by Gasteiger charge is -2.39. The lowest BCUT2D eigenvalue weighted by atomic mass is 10.0. The van der Waals surface area contributed by atoms with Crippen LogP contribution in [0.5, 0.6) is 34.5 Å². The predicted octanol–water partition coefficient (Wildman–Crippen LogP) is 10.2. The van der Waals surface area contributed by atoms with Gasteiger partial charge in [0.2, 0.25) is 0 Å². The number of fused-ring (bicyclic) bond motifs is 4. The Morgan fingerprint density at radius 1 is 0.527 bits per heavy atom. The van der Waals surface area contributed by atoms with E-state index in [0.29, 0.717) is 126 Å². The summed E-state index contributed by atoms with van der Waals surface area (Å²) >= 11 is 0. The zero-order valence-corrected chi connectivity index (χ0v) is 52.4. The standard InChI is InChI=1S/C38H44N4O7.C33H36N4O5/c1-38(2,3)49-37(45)42(25-26-10-13-33-34(22-26)48-21-20-47-33)28-14-16-40(17-15-28)18-19-41-32-23-29(46-4)11-12-30(32)31(24-35(41)43)36(44)39-27-8-6-5-7-9-27;1-40-26-8-9-27-28(33(39)35-25-5-3-2-4-6-25)21-32(38)37(29(27)20-26)16-15-36-13-11-24(12-14-36)34-22-23-7-10-30-31(19-23)42-18-17-41-30/h5-13,22-24,28H,14-21,25H2,1-4H3,(H,39,44);2-10,19-21,24,34H,11-18,22H2,1H3,(H,35,39). The molecule has 2 aromatic heterocycles. The van der Waals surface area contributed by atoms with Crippen LogP contribution in [0.2, 0.25) is 0 Å². The quantitative estimate of drug-likeness (QED) is 0.0731. The second-order valence-electron chi connectivity index (χ2n) is 24.1. The van der Waals surface area contributed by atoms with Crippen molar-refractivity contribution in [1.82, 2.24) is 29.2 Å². The Labute approximate surface area is 529 Å². The third-order valence-corrected chi connectivity index (χ3v) is 16.8. The Kier molecular flexibility index (Phi) is 20.2. The molecular weight excluding hydrogens is 1160 g/mol. The summed E-state index contributed by atoms with van der Waals surface area (Å²) in [5.74, 6) is 3.61. The van der Waals surface area contributed by atoms with E-state index in [-0.39, 0.29) is 35.1 Å². The normalized spacial score (nSPS) is 15.3. The van der Waals surface area contributed by atoms with Gasteiger partial charge in [0.25, 0.3) is 22.9 Å². The molecule has 0 radical (unpaired) electrons. The summed E-state index contributed by atoms with van der Waals surface area (Å²) in [6.45, 7) is 14.7. The number of rotatable bonds is 18. The molecule has 4 aliphatic heterocycles. The number of aromatic nitrogens is 2. The number of likely N-dealkylation sites (tertiary alicyclic amines) is 2. The van der Waals surface area contributed by atoms with Crippen LogP contribution in [-0.2, 0) is 30.9 Å². The number of ether oxygens (including phenoxy) is 7. The van der Waals surface area contributed by atoms with Crippen LogP contribution in [0.15, 0.2) is 155 Å².